The molecule has 0 aromatic heterocycles. The van der Waals surface area contributed by atoms with E-state index < -0.39 is 12.1 Å². The Hall–Kier alpha value is -2.88. The molecule has 0 aliphatic heterocycles. The van der Waals surface area contributed by atoms with Crippen LogP contribution in [-0.4, -0.2) is 41.0 Å². The van der Waals surface area contributed by atoms with Crippen LogP contribution >= 0.6 is 0 Å². The van der Waals surface area contributed by atoms with E-state index in [-0.39, 0.29) is 18.6 Å². The first-order valence-corrected chi connectivity index (χ1v) is 11.6. The van der Waals surface area contributed by atoms with Gasteiger partial charge in [0, 0.05) is 18.5 Å². The minimum Gasteiger partial charge on any atom is -0.489 e. The van der Waals surface area contributed by atoms with Gasteiger partial charge in [0.15, 0.2) is 0 Å². The second kappa shape index (κ2) is 11.3. The van der Waals surface area contributed by atoms with Gasteiger partial charge in [0.2, 0.25) is 0 Å². The van der Waals surface area contributed by atoms with Crippen molar-refractivity contribution in [3.8, 4) is 11.8 Å². The number of fused-ring (bicyclic) bond motifs is 1. The summed E-state index contributed by atoms with van der Waals surface area (Å²) >= 11 is 0. The van der Waals surface area contributed by atoms with Crippen LogP contribution in [0.25, 0.3) is 0 Å². The molecule has 1 aliphatic rings. The Kier molecular flexibility index (Phi) is 8.49. The maximum absolute atomic E-state index is 10.7. The summed E-state index contributed by atoms with van der Waals surface area (Å²) in [6.07, 6.45) is 3.73. The zero-order valence-electron chi connectivity index (χ0n) is 19.5. The van der Waals surface area contributed by atoms with Gasteiger partial charge in [-0.2, -0.15) is 5.26 Å². The molecule has 0 unspecified atom stereocenters. The maximum atomic E-state index is 10.7. The van der Waals surface area contributed by atoms with E-state index in [9.17, 15) is 15.2 Å². The Morgan fingerprint density at radius 2 is 1.94 bits per heavy atom. The number of β-amino-alcohol motifs (C(OH)–C–C–N with tert-alkyl or cyclic N) is 1. The molecule has 0 bridgehead atoms. The van der Waals surface area contributed by atoms with Crippen molar-refractivity contribution in [1.29, 1.82) is 5.26 Å². The van der Waals surface area contributed by atoms with Crippen LogP contribution in [-0.2, 0) is 24.1 Å². The first-order valence-electron chi connectivity index (χ1n) is 11.6. The minimum atomic E-state index is -0.823. The molecule has 0 spiro atoms. The molecule has 3 N–H and O–H groups in total. The molecule has 2 aromatic carbocycles. The highest BCUT2D eigenvalue weighted by molar-refractivity contribution is 5.66. The van der Waals surface area contributed by atoms with Crippen molar-refractivity contribution in [1.82, 2.24) is 5.32 Å². The summed E-state index contributed by atoms with van der Waals surface area (Å²) in [5.41, 5.74) is 4.10. The van der Waals surface area contributed by atoms with E-state index in [4.69, 9.17) is 9.84 Å². The van der Waals surface area contributed by atoms with Gasteiger partial charge in [-0.15, -0.1) is 0 Å². The molecular formula is C27H34N2O4. The van der Waals surface area contributed by atoms with Gasteiger partial charge in [-0.3, -0.25) is 4.79 Å². The Balaban J connectivity index is 1.46. The summed E-state index contributed by atoms with van der Waals surface area (Å²) < 4.78 is 5.77. The molecule has 33 heavy (non-hydrogen) atoms. The zero-order valence-corrected chi connectivity index (χ0v) is 19.5. The highest BCUT2D eigenvalue weighted by atomic mass is 16.5. The molecule has 0 heterocycles. The second-order valence-corrected chi connectivity index (χ2v) is 9.67. The molecule has 0 amide bonds. The number of nitriles is 1. The van der Waals surface area contributed by atoms with Gasteiger partial charge in [0.05, 0.1) is 5.56 Å². The van der Waals surface area contributed by atoms with Gasteiger partial charge in [0.1, 0.15) is 24.5 Å². The molecule has 3 rings (SSSR count). The Morgan fingerprint density at radius 1 is 1.24 bits per heavy atom. The molecule has 0 saturated carbocycles. The van der Waals surface area contributed by atoms with Crippen molar-refractivity contribution in [2.45, 2.75) is 64.0 Å². The molecule has 1 aliphatic carbocycles. The zero-order chi connectivity index (χ0) is 23.8. The summed E-state index contributed by atoms with van der Waals surface area (Å²) in [4.78, 5) is 10.7. The molecule has 6 heteroatoms. The number of rotatable bonds is 12. The smallest absolute Gasteiger partial charge is 0.303 e. The average molecular weight is 451 g/mol. The lowest BCUT2D eigenvalue weighted by Crippen LogP contribution is -2.46. The van der Waals surface area contributed by atoms with Crippen LogP contribution in [0.3, 0.4) is 0 Å². The van der Waals surface area contributed by atoms with E-state index >= 15 is 0 Å². The van der Waals surface area contributed by atoms with Gasteiger partial charge in [-0.25, -0.2) is 0 Å². The number of aliphatic hydroxyl groups is 1. The van der Waals surface area contributed by atoms with Crippen molar-refractivity contribution >= 4 is 5.97 Å². The van der Waals surface area contributed by atoms with Gasteiger partial charge in [-0.1, -0.05) is 30.3 Å². The van der Waals surface area contributed by atoms with Gasteiger partial charge in [0.25, 0.3) is 0 Å². The number of carboxylic acid groups (broad SMARTS) is 1. The van der Waals surface area contributed by atoms with Crippen LogP contribution in [0.2, 0.25) is 0 Å². The summed E-state index contributed by atoms with van der Waals surface area (Å²) in [7, 11) is 0. The van der Waals surface area contributed by atoms with E-state index in [1.165, 1.54) is 11.1 Å². The van der Waals surface area contributed by atoms with Crippen LogP contribution in [0.15, 0.2) is 42.5 Å². The highest BCUT2D eigenvalue weighted by Gasteiger charge is 2.28. The molecule has 0 saturated heterocycles. The quantitative estimate of drug-likeness (QED) is 0.454. The van der Waals surface area contributed by atoms with Crippen LogP contribution in [0, 0.1) is 17.2 Å². The normalized spacial score (nSPS) is 14.5. The van der Waals surface area contributed by atoms with Crippen molar-refractivity contribution < 1.29 is 19.7 Å². The van der Waals surface area contributed by atoms with Crippen LogP contribution < -0.4 is 10.1 Å². The Morgan fingerprint density at radius 3 is 2.58 bits per heavy atom. The van der Waals surface area contributed by atoms with E-state index in [0.717, 1.165) is 24.8 Å². The maximum Gasteiger partial charge on any atom is 0.303 e. The monoisotopic (exact) mass is 450 g/mol. The van der Waals surface area contributed by atoms with E-state index in [1.807, 2.05) is 6.07 Å². The number of carbonyl (C=O) groups is 1. The predicted molar refractivity (Wildman–Crippen MR) is 127 cm³/mol. The van der Waals surface area contributed by atoms with Crippen molar-refractivity contribution in [3.63, 3.8) is 0 Å². The number of benzene rings is 2. The minimum absolute atomic E-state index is 0.0746. The van der Waals surface area contributed by atoms with E-state index in [0.29, 0.717) is 36.6 Å². The first-order chi connectivity index (χ1) is 15.8. The number of aliphatic carboxylic acids is 1. The van der Waals surface area contributed by atoms with Gasteiger partial charge < -0.3 is 20.3 Å². The molecule has 6 nitrogen and oxygen atoms in total. The summed E-state index contributed by atoms with van der Waals surface area (Å²) in [6, 6.07) is 16.0. The number of ether oxygens (including phenoxy) is 1. The van der Waals surface area contributed by atoms with E-state index in [1.54, 1.807) is 12.1 Å². The average Bonchev–Trinajstić information content (AvgIpc) is 3.17. The number of nitrogens with one attached hydrogen (secondary N) is 1. The van der Waals surface area contributed by atoms with Gasteiger partial charge >= 0.3 is 5.97 Å². The van der Waals surface area contributed by atoms with E-state index in [2.05, 4.69) is 49.5 Å². The number of nitrogens with zero attached hydrogens (tertiary/aromatic N) is 1. The first kappa shape index (κ1) is 24.8. The lowest BCUT2D eigenvalue weighted by Gasteiger charge is -2.30. The molecule has 0 radical (unpaired) electrons. The lowest BCUT2D eigenvalue weighted by atomic mass is 9.88. The number of hydrogen-bond acceptors (Lipinski definition) is 5. The number of carboxylic acids is 1. The predicted octanol–water partition coefficient (Wildman–Crippen LogP) is 3.88. The van der Waals surface area contributed by atoms with Crippen molar-refractivity contribution in [3.05, 3.63) is 64.7 Å². The third-order valence-electron chi connectivity index (χ3n) is 6.20. The number of aryl methyl sites for hydroxylation is 1. The summed E-state index contributed by atoms with van der Waals surface area (Å²) in [5, 5.41) is 32.1. The fourth-order valence-corrected chi connectivity index (χ4v) is 4.60. The summed E-state index contributed by atoms with van der Waals surface area (Å²) in [6.45, 7) is 4.80. The largest absolute Gasteiger partial charge is 0.489 e. The van der Waals surface area contributed by atoms with Crippen molar-refractivity contribution in [2.24, 2.45) is 5.92 Å². The molecule has 0 fully saturated rings. The Bertz CT molecular complexity index is 971. The van der Waals surface area contributed by atoms with Crippen LogP contribution in [0.4, 0.5) is 0 Å². The van der Waals surface area contributed by atoms with Gasteiger partial charge in [-0.05, 0) is 80.7 Å². The lowest BCUT2D eigenvalue weighted by molar-refractivity contribution is -0.137. The van der Waals surface area contributed by atoms with Crippen molar-refractivity contribution in [2.75, 3.05) is 13.2 Å². The second-order valence-electron chi connectivity index (χ2n) is 9.67. The fraction of sp³-hybridized carbons (Fsp3) is 0.481. The molecule has 1 atom stereocenters. The SMILES string of the molecule is CC(C)(CC1Cc2ccccc2C1)NC[C@H](O)COc1cc(CCCC(=O)O)ccc1C#N. The third-order valence-corrected chi connectivity index (χ3v) is 6.20. The van der Waals surface area contributed by atoms with Crippen LogP contribution in [0.5, 0.6) is 5.75 Å². The van der Waals surface area contributed by atoms with Crippen LogP contribution in [0.1, 0.15) is 55.4 Å². The molecular weight excluding hydrogens is 416 g/mol. The molecule has 176 valence electrons. The summed E-state index contributed by atoms with van der Waals surface area (Å²) in [5.74, 6) is 0.198. The molecule has 2 aromatic rings. The number of aliphatic hydroxyl groups excluding tert-OH is 1. The highest BCUT2D eigenvalue weighted by Crippen LogP contribution is 2.31. The third kappa shape index (κ3) is 7.59. The number of hydrogen-bond donors (Lipinski definition) is 3. The standard InChI is InChI=1S/C27H34N2O4/c1-27(2,15-20-12-21-7-3-4-8-22(21)13-20)29-17-24(30)18-33-25-14-19(6-5-9-26(31)32)10-11-23(25)16-28/h3-4,7-8,10-11,14,20,24,29-30H,5-6,9,12-13,15,17-18H2,1-2H3,(H,31,32)/t24-/m0/s1. The Labute approximate surface area is 196 Å². The fourth-order valence-electron chi connectivity index (χ4n) is 4.60. The topological polar surface area (TPSA) is 103 Å².